The van der Waals surface area contributed by atoms with Crippen LogP contribution in [0.5, 0.6) is 0 Å². The highest BCUT2D eigenvalue weighted by Crippen LogP contribution is 2.49. The maximum absolute atomic E-state index is 12.6. The lowest BCUT2D eigenvalue weighted by atomic mass is 9.54. The van der Waals surface area contributed by atoms with Gasteiger partial charge >= 0.3 is 0 Å². The maximum Gasteiger partial charge on any atom is 0.240 e. The van der Waals surface area contributed by atoms with E-state index in [9.17, 15) is 4.79 Å². The first-order valence-electron chi connectivity index (χ1n) is 8.93. The fourth-order valence-electron chi connectivity index (χ4n) is 3.32. The molecular weight excluding hydrogens is 419 g/mol. The molecule has 0 aromatic carbocycles. The number of hydrogen-bond donors (Lipinski definition) is 2. The van der Waals surface area contributed by atoms with Crippen LogP contribution in [0.1, 0.15) is 32.2 Å². The molecule has 0 saturated heterocycles. The van der Waals surface area contributed by atoms with Gasteiger partial charge in [0, 0.05) is 43.0 Å². The summed E-state index contributed by atoms with van der Waals surface area (Å²) in [5.74, 6) is -0.111. The molecule has 0 aliphatic heterocycles. The minimum atomic E-state index is -0.880. The van der Waals surface area contributed by atoms with Crippen LogP contribution in [-0.4, -0.2) is 40.7 Å². The number of hydrogen-bond acceptors (Lipinski definition) is 6. The third-order valence-corrected chi connectivity index (χ3v) is 6.25. The van der Waals surface area contributed by atoms with Crippen LogP contribution >= 0.6 is 36.2 Å². The predicted molar refractivity (Wildman–Crippen MR) is 117 cm³/mol. The standard InChI is InChI=1S/C19H26N4O2S.2ClH/c1-4-25-15-11-19(20,18(15,2)3)17(24)22-10-8-16-23-14(12-26-16)13-7-5-6-9-21-13;;/h5-7,9,12,15H,4,8,10-11,20H2,1-3H3,(H,22,24);2*1H. The van der Waals surface area contributed by atoms with E-state index in [1.165, 1.54) is 0 Å². The Labute approximate surface area is 182 Å². The van der Waals surface area contributed by atoms with E-state index >= 15 is 0 Å². The molecule has 2 unspecified atom stereocenters. The van der Waals surface area contributed by atoms with Crippen molar-refractivity contribution in [2.45, 2.75) is 45.3 Å². The SMILES string of the molecule is CCOC1CC(N)(C(=O)NCCc2nc(-c3ccccn3)cs2)C1(C)C.Cl.Cl. The van der Waals surface area contributed by atoms with Crippen LogP contribution in [0.2, 0.25) is 0 Å². The number of thiazole rings is 1. The van der Waals surface area contributed by atoms with Crippen molar-refractivity contribution in [1.82, 2.24) is 15.3 Å². The second kappa shape index (κ2) is 9.98. The number of carbonyl (C=O) groups is 1. The van der Waals surface area contributed by atoms with Gasteiger partial charge < -0.3 is 15.8 Å². The molecular formula is C19H28Cl2N4O2S. The number of carbonyl (C=O) groups excluding carboxylic acids is 1. The second-order valence-electron chi connectivity index (χ2n) is 7.19. The van der Waals surface area contributed by atoms with E-state index in [1.807, 2.05) is 44.4 Å². The molecule has 1 saturated carbocycles. The van der Waals surface area contributed by atoms with Gasteiger partial charge in [-0.1, -0.05) is 19.9 Å². The predicted octanol–water partition coefficient (Wildman–Crippen LogP) is 3.24. The molecule has 3 rings (SSSR count). The zero-order valence-corrected chi connectivity index (χ0v) is 18.8. The molecule has 6 nitrogen and oxygen atoms in total. The molecule has 2 aromatic rings. The van der Waals surface area contributed by atoms with E-state index in [-0.39, 0.29) is 42.2 Å². The summed E-state index contributed by atoms with van der Waals surface area (Å²) < 4.78 is 5.68. The molecule has 0 bridgehead atoms. The van der Waals surface area contributed by atoms with Gasteiger partial charge in [0.2, 0.25) is 5.91 Å². The van der Waals surface area contributed by atoms with Crippen molar-refractivity contribution in [3.63, 3.8) is 0 Å². The van der Waals surface area contributed by atoms with Crippen LogP contribution in [-0.2, 0) is 16.0 Å². The monoisotopic (exact) mass is 446 g/mol. The van der Waals surface area contributed by atoms with Gasteiger partial charge in [-0.15, -0.1) is 36.2 Å². The van der Waals surface area contributed by atoms with E-state index in [0.717, 1.165) is 16.4 Å². The summed E-state index contributed by atoms with van der Waals surface area (Å²) in [6.07, 6.45) is 3.02. The number of nitrogens with one attached hydrogen (secondary N) is 1. The molecule has 1 amide bonds. The first kappa shape index (κ1) is 24.8. The number of halogens is 2. The highest BCUT2D eigenvalue weighted by Gasteiger charge is 2.62. The Bertz CT molecular complexity index is 772. The average molecular weight is 447 g/mol. The number of amides is 1. The van der Waals surface area contributed by atoms with E-state index in [4.69, 9.17) is 10.5 Å². The Kier molecular flexibility index (Phi) is 8.84. The van der Waals surface area contributed by atoms with Crippen molar-refractivity contribution in [3.05, 3.63) is 34.8 Å². The lowest BCUT2D eigenvalue weighted by molar-refractivity contribution is -0.170. The highest BCUT2D eigenvalue weighted by molar-refractivity contribution is 7.09. The normalized spacial score (nSPS) is 22.4. The van der Waals surface area contributed by atoms with Crippen molar-refractivity contribution in [1.29, 1.82) is 0 Å². The summed E-state index contributed by atoms with van der Waals surface area (Å²) in [5, 5.41) is 5.93. The van der Waals surface area contributed by atoms with Gasteiger partial charge in [-0.25, -0.2) is 4.98 Å². The van der Waals surface area contributed by atoms with Crippen molar-refractivity contribution < 1.29 is 9.53 Å². The van der Waals surface area contributed by atoms with Gasteiger partial charge in [0.25, 0.3) is 0 Å². The average Bonchev–Trinajstić information content (AvgIpc) is 3.11. The van der Waals surface area contributed by atoms with Crippen LogP contribution in [0.15, 0.2) is 29.8 Å². The molecule has 1 aliphatic carbocycles. The maximum atomic E-state index is 12.6. The first-order chi connectivity index (χ1) is 12.4. The van der Waals surface area contributed by atoms with Gasteiger partial charge in [-0.05, 0) is 19.1 Å². The summed E-state index contributed by atoms with van der Waals surface area (Å²) in [5.41, 5.74) is 6.86. The molecule has 9 heteroatoms. The minimum Gasteiger partial charge on any atom is -0.378 e. The molecule has 0 spiro atoms. The van der Waals surface area contributed by atoms with Crippen LogP contribution in [0.4, 0.5) is 0 Å². The molecule has 2 aromatic heterocycles. The topological polar surface area (TPSA) is 90.1 Å². The van der Waals surface area contributed by atoms with Crippen molar-refractivity contribution in [2.24, 2.45) is 11.1 Å². The number of ether oxygens (including phenoxy) is 1. The van der Waals surface area contributed by atoms with E-state index in [0.29, 0.717) is 26.0 Å². The molecule has 1 aliphatic rings. The number of aromatic nitrogens is 2. The second-order valence-corrected chi connectivity index (χ2v) is 8.13. The summed E-state index contributed by atoms with van der Waals surface area (Å²) >= 11 is 1.58. The Morgan fingerprint density at radius 1 is 1.36 bits per heavy atom. The van der Waals surface area contributed by atoms with Gasteiger partial charge in [-0.2, -0.15) is 0 Å². The van der Waals surface area contributed by atoms with Crippen LogP contribution in [0.25, 0.3) is 11.4 Å². The molecule has 1 fully saturated rings. The van der Waals surface area contributed by atoms with Crippen LogP contribution in [0.3, 0.4) is 0 Å². The molecule has 3 N–H and O–H groups in total. The summed E-state index contributed by atoms with van der Waals surface area (Å²) in [7, 11) is 0. The lowest BCUT2D eigenvalue weighted by Gasteiger charge is -2.57. The summed E-state index contributed by atoms with van der Waals surface area (Å²) in [6, 6.07) is 5.76. The fraction of sp³-hybridized carbons (Fsp3) is 0.526. The summed E-state index contributed by atoms with van der Waals surface area (Å²) in [4.78, 5) is 21.5. The van der Waals surface area contributed by atoms with Gasteiger partial charge in [0.05, 0.1) is 22.5 Å². The van der Waals surface area contributed by atoms with Gasteiger partial charge in [0.1, 0.15) is 5.54 Å². The third kappa shape index (κ3) is 4.66. The number of nitrogens with two attached hydrogens (primary N) is 1. The minimum absolute atomic E-state index is 0. The quantitative estimate of drug-likeness (QED) is 0.680. The Balaban J connectivity index is 0.00000196. The van der Waals surface area contributed by atoms with E-state index in [1.54, 1.807) is 17.5 Å². The number of rotatable bonds is 7. The van der Waals surface area contributed by atoms with Crippen molar-refractivity contribution >= 4 is 42.1 Å². The Hall–Kier alpha value is -1.25. The zero-order chi connectivity index (χ0) is 18.8. The molecule has 156 valence electrons. The first-order valence-corrected chi connectivity index (χ1v) is 9.81. The summed E-state index contributed by atoms with van der Waals surface area (Å²) in [6.45, 7) is 7.10. The van der Waals surface area contributed by atoms with E-state index in [2.05, 4.69) is 15.3 Å². The lowest BCUT2D eigenvalue weighted by Crippen LogP contribution is -2.75. The molecule has 2 atom stereocenters. The van der Waals surface area contributed by atoms with E-state index < -0.39 is 5.54 Å². The zero-order valence-electron chi connectivity index (χ0n) is 16.3. The van der Waals surface area contributed by atoms with Crippen LogP contribution < -0.4 is 11.1 Å². The number of pyridine rings is 1. The Morgan fingerprint density at radius 2 is 2.11 bits per heavy atom. The van der Waals surface area contributed by atoms with Gasteiger partial charge in [0.15, 0.2) is 0 Å². The largest absolute Gasteiger partial charge is 0.378 e. The van der Waals surface area contributed by atoms with Gasteiger partial charge in [-0.3, -0.25) is 9.78 Å². The number of nitrogens with zero attached hydrogens (tertiary/aromatic N) is 2. The highest BCUT2D eigenvalue weighted by atomic mass is 35.5. The Morgan fingerprint density at radius 3 is 2.71 bits per heavy atom. The van der Waals surface area contributed by atoms with Crippen molar-refractivity contribution in [2.75, 3.05) is 13.2 Å². The smallest absolute Gasteiger partial charge is 0.240 e. The molecule has 2 heterocycles. The van der Waals surface area contributed by atoms with Crippen LogP contribution in [0, 0.1) is 5.41 Å². The van der Waals surface area contributed by atoms with Crippen molar-refractivity contribution in [3.8, 4) is 11.4 Å². The molecule has 0 radical (unpaired) electrons. The molecule has 28 heavy (non-hydrogen) atoms. The fourth-order valence-corrected chi connectivity index (χ4v) is 4.11. The third-order valence-electron chi connectivity index (χ3n) is 5.34.